The van der Waals surface area contributed by atoms with E-state index < -0.39 is 17.8 Å². The zero-order valence-electron chi connectivity index (χ0n) is 15.7. The molecule has 0 aliphatic heterocycles. The Hall–Kier alpha value is -2.08. The average Bonchev–Trinajstić information content (AvgIpc) is 2.50. The van der Waals surface area contributed by atoms with Gasteiger partial charge in [-0.2, -0.15) is 0 Å². The molecule has 26 heavy (non-hydrogen) atoms. The van der Waals surface area contributed by atoms with Crippen LogP contribution in [0.15, 0.2) is 18.2 Å². The maximum atomic E-state index is 12.4. The molecule has 0 aliphatic carbocycles. The van der Waals surface area contributed by atoms with E-state index in [1.54, 1.807) is 6.07 Å². The molecule has 2 amide bonds. The fourth-order valence-electron chi connectivity index (χ4n) is 2.44. The topological polar surface area (TPSA) is 95.5 Å². The van der Waals surface area contributed by atoms with Crippen molar-refractivity contribution in [1.29, 1.82) is 0 Å². The van der Waals surface area contributed by atoms with Crippen LogP contribution in [0.3, 0.4) is 0 Å². The van der Waals surface area contributed by atoms with Crippen LogP contribution in [0.5, 0.6) is 0 Å². The van der Waals surface area contributed by atoms with Gasteiger partial charge in [0.25, 0.3) is 5.91 Å². The van der Waals surface area contributed by atoms with E-state index in [0.717, 1.165) is 0 Å². The zero-order chi connectivity index (χ0) is 19.9. The van der Waals surface area contributed by atoms with Crippen LogP contribution in [0.4, 0.5) is 5.69 Å². The van der Waals surface area contributed by atoms with Crippen LogP contribution in [-0.4, -0.2) is 29.4 Å². The molecule has 6 nitrogen and oxygen atoms in total. The maximum absolute atomic E-state index is 12.4. The largest absolute Gasteiger partial charge is 0.481 e. The smallest absolute Gasteiger partial charge is 0.308 e. The first-order valence-electron chi connectivity index (χ1n) is 8.64. The van der Waals surface area contributed by atoms with Gasteiger partial charge in [-0.05, 0) is 30.0 Å². The van der Waals surface area contributed by atoms with Crippen LogP contribution in [0, 0.1) is 11.3 Å². The monoisotopic (exact) mass is 382 g/mol. The predicted octanol–water partition coefficient (Wildman–Crippen LogP) is 3.95. The fraction of sp³-hybridized carbons (Fsp3) is 0.526. The Kier molecular flexibility index (Phi) is 8.08. The van der Waals surface area contributed by atoms with Gasteiger partial charge < -0.3 is 15.7 Å². The van der Waals surface area contributed by atoms with E-state index in [-0.39, 0.29) is 28.5 Å². The Balaban J connectivity index is 2.81. The molecule has 1 atom stereocenters. The van der Waals surface area contributed by atoms with E-state index in [4.69, 9.17) is 16.7 Å². The van der Waals surface area contributed by atoms with Gasteiger partial charge in [0.1, 0.15) is 0 Å². The predicted molar refractivity (Wildman–Crippen MR) is 103 cm³/mol. The molecule has 7 heteroatoms. The lowest BCUT2D eigenvalue weighted by Gasteiger charge is -2.17. The number of benzene rings is 1. The quantitative estimate of drug-likeness (QED) is 0.634. The van der Waals surface area contributed by atoms with Gasteiger partial charge >= 0.3 is 5.97 Å². The van der Waals surface area contributed by atoms with E-state index >= 15 is 0 Å². The molecule has 0 saturated carbocycles. The molecule has 0 aliphatic rings. The molecular formula is C19H27ClN2O4. The molecule has 0 saturated heterocycles. The minimum absolute atomic E-state index is 0.0267. The Bertz CT molecular complexity index is 668. The second kappa shape index (κ2) is 9.57. The van der Waals surface area contributed by atoms with E-state index in [9.17, 15) is 14.4 Å². The van der Waals surface area contributed by atoms with Crippen molar-refractivity contribution in [3.8, 4) is 0 Å². The molecule has 0 fully saturated rings. The summed E-state index contributed by atoms with van der Waals surface area (Å²) in [5.74, 6) is -2.21. The van der Waals surface area contributed by atoms with Crippen LogP contribution in [0.1, 0.15) is 57.3 Å². The summed E-state index contributed by atoms with van der Waals surface area (Å²) in [7, 11) is 0. The summed E-state index contributed by atoms with van der Waals surface area (Å²) >= 11 is 6.08. The molecular weight excluding hydrogens is 356 g/mol. The normalized spacial score (nSPS) is 12.3. The van der Waals surface area contributed by atoms with Crippen molar-refractivity contribution in [2.24, 2.45) is 11.3 Å². The number of anilines is 1. The van der Waals surface area contributed by atoms with Crippen LogP contribution >= 0.6 is 11.6 Å². The fourth-order valence-corrected chi connectivity index (χ4v) is 2.64. The first kappa shape index (κ1) is 22.0. The average molecular weight is 383 g/mol. The standard InChI is InChI=1S/C19H27ClN2O4/c1-5-6-12(18(25)26)11-21-17(24)14-9-13(7-8-15(14)20)22-16(23)10-19(2,3)4/h7-9,12H,5-6,10-11H2,1-4H3,(H,21,24)(H,22,23)(H,25,26). The van der Waals surface area contributed by atoms with Gasteiger partial charge in [-0.1, -0.05) is 45.7 Å². The van der Waals surface area contributed by atoms with Gasteiger partial charge in [-0.25, -0.2) is 0 Å². The number of carboxylic acid groups (broad SMARTS) is 1. The number of rotatable bonds is 8. The Morgan fingerprint density at radius 1 is 1.23 bits per heavy atom. The number of halogens is 1. The van der Waals surface area contributed by atoms with Crippen LogP contribution in [0.2, 0.25) is 5.02 Å². The van der Waals surface area contributed by atoms with Gasteiger partial charge in [-0.3, -0.25) is 14.4 Å². The molecule has 1 aromatic carbocycles. The van der Waals surface area contributed by atoms with Gasteiger partial charge in [0, 0.05) is 18.7 Å². The van der Waals surface area contributed by atoms with Crippen LogP contribution < -0.4 is 10.6 Å². The van der Waals surface area contributed by atoms with Crippen molar-refractivity contribution in [2.75, 3.05) is 11.9 Å². The van der Waals surface area contributed by atoms with E-state index in [1.165, 1.54) is 12.1 Å². The molecule has 1 aromatic rings. The molecule has 0 bridgehead atoms. The van der Waals surface area contributed by atoms with E-state index in [1.807, 2.05) is 27.7 Å². The number of hydrogen-bond donors (Lipinski definition) is 3. The van der Waals surface area contributed by atoms with Gasteiger partial charge in [0.15, 0.2) is 0 Å². The summed E-state index contributed by atoms with van der Waals surface area (Å²) in [6.07, 6.45) is 1.53. The van der Waals surface area contributed by atoms with Crippen LogP contribution in [0.25, 0.3) is 0 Å². The summed E-state index contributed by atoms with van der Waals surface area (Å²) < 4.78 is 0. The highest BCUT2D eigenvalue weighted by Crippen LogP contribution is 2.23. The first-order chi connectivity index (χ1) is 12.0. The lowest BCUT2D eigenvalue weighted by atomic mass is 9.92. The van der Waals surface area contributed by atoms with Crippen molar-refractivity contribution in [2.45, 2.75) is 47.0 Å². The molecule has 1 unspecified atom stereocenters. The number of hydrogen-bond acceptors (Lipinski definition) is 3. The minimum Gasteiger partial charge on any atom is -0.481 e. The Labute approximate surface area is 159 Å². The lowest BCUT2D eigenvalue weighted by Crippen LogP contribution is -2.33. The zero-order valence-corrected chi connectivity index (χ0v) is 16.4. The highest BCUT2D eigenvalue weighted by molar-refractivity contribution is 6.34. The lowest BCUT2D eigenvalue weighted by molar-refractivity contribution is -0.141. The highest BCUT2D eigenvalue weighted by atomic mass is 35.5. The second-order valence-electron chi connectivity index (χ2n) is 7.51. The second-order valence-corrected chi connectivity index (χ2v) is 7.92. The van der Waals surface area contributed by atoms with Crippen molar-refractivity contribution < 1.29 is 19.5 Å². The molecule has 144 valence electrons. The first-order valence-corrected chi connectivity index (χ1v) is 9.01. The number of carbonyl (C=O) groups is 3. The summed E-state index contributed by atoms with van der Waals surface area (Å²) in [5.41, 5.74) is 0.514. The third-order valence-corrected chi connectivity index (χ3v) is 4.01. The molecule has 0 spiro atoms. The summed E-state index contributed by atoms with van der Waals surface area (Å²) in [6, 6.07) is 4.65. The minimum atomic E-state index is -0.943. The third-order valence-electron chi connectivity index (χ3n) is 3.68. The molecule has 0 heterocycles. The SMILES string of the molecule is CCCC(CNC(=O)c1cc(NC(=O)CC(C)(C)C)ccc1Cl)C(=O)O. The number of amides is 2. The number of aliphatic carboxylic acids is 1. The third kappa shape index (κ3) is 7.44. The van der Waals surface area contributed by atoms with E-state index in [2.05, 4.69) is 10.6 Å². The number of carboxylic acids is 1. The molecule has 0 radical (unpaired) electrons. The van der Waals surface area contributed by atoms with Gasteiger partial charge in [-0.15, -0.1) is 0 Å². The number of carbonyl (C=O) groups excluding carboxylic acids is 2. The van der Waals surface area contributed by atoms with E-state index in [0.29, 0.717) is 24.9 Å². The maximum Gasteiger partial charge on any atom is 0.308 e. The number of nitrogens with one attached hydrogen (secondary N) is 2. The van der Waals surface area contributed by atoms with Crippen LogP contribution in [-0.2, 0) is 9.59 Å². The van der Waals surface area contributed by atoms with Crippen molar-refractivity contribution >= 4 is 35.1 Å². The summed E-state index contributed by atoms with van der Waals surface area (Å²) in [6.45, 7) is 7.80. The molecule has 1 rings (SSSR count). The van der Waals surface area contributed by atoms with Gasteiger partial charge in [0.2, 0.25) is 5.91 Å². The molecule has 3 N–H and O–H groups in total. The Morgan fingerprint density at radius 3 is 2.42 bits per heavy atom. The highest BCUT2D eigenvalue weighted by Gasteiger charge is 2.20. The summed E-state index contributed by atoms with van der Waals surface area (Å²) in [5, 5.41) is 14.7. The van der Waals surface area contributed by atoms with Crippen molar-refractivity contribution in [3.63, 3.8) is 0 Å². The molecule has 0 aromatic heterocycles. The van der Waals surface area contributed by atoms with Crippen molar-refractivity contribution in [1.82, 2.24) is 5.32 Å². The van der Waals surface area contributed by atoms with Gasteiger partial charge in [0.05, 0.1) is 16.5 Å². The Morgan fingerprint density at radius 2 is 1.88 bits per heavy atom. The summed E-state index contributed by atoms with van der Waals surface area (Å²) in [4.78, 5) is 35.6. The van der Waals surface area contributed by atoms with Crippen molar-refractivity contribution in [3.05, 3.63) is 28.8 Å².